The van der Waals surface area contributed by atoms with E-state index in [-0.39, 0.29) is 0 Å². The first-order chi connectivity index (χ1) is 12.2. The van der Waals surface area contributed by atoms with Crippen LogP contribution in [-0.2, 0) is 0 Å². The van der Waals surface area contributed by atoms with Crippen LogP contribution in [0.4, 0.5) is 11.5 Å². The Balaban J connectivity index is 1.49. The number of aryl methyl sites for hydroxylation is 2. The predicted molar refractivity (Wildman–Crippen MR) is 99.5 cm³/mol. The number of imidazole rings is 1. The highest BCUT2D eigenvalue weighted by Gasteiger charge is 2.19. The van der Waals surface area contributed by atoms with Crippen LogP contribution in [0.1, 0.15) is 11.4 Å². The van der Waals surface area contributed by atoms with Crippen molar-refractivity contribution < 1.29 is 0 Å². The van der Waals surface area contributed by atoms with E-state index in [1.165, 1.54) is 11.3 Å². The molecule has 25 heavy (non-hydrogen) atoms. The van der Waals surface area contributed by atoms with Crippen LogP contribution in [0.25, 0.3) is 5.82 Å². The van der Waals surface area contributed by atoms with E-state index in [0.717, 1.165) is 43.6 Å². The van der Waals surface area contributed by atoms with E-state index in [2.05, 4.69) is 55.9 Å². The van der Waals surface area contributed by atoms with Crippen molar-refractivity contribution in [3.05, 3.63) is 60.4 Å². The molecule has 0 N–H and O–H groups in total. The summed E-state index contributed by atoms with van der Waals surface area (Å²) in [5, 5.41) is 0. The summed E-state index contributed by atoms with van der Waals surface area (Å²) in [6.07, 6.45) is 5.35. The van der Waals surface area contributed by atoms with Crippen LogP contribution in [0.2, 0.25) is 0 Å². The van der Waals surface area contributed by atoms with E-state index in [1.54, 1.807) is 12.5 Å². The van der Waals surface area contributed by atoms with Crippen molar-refractivity contribution in [1.82, 2.24) is 19.5 Å². The standard InChI is InChI=1S/C19H22N6/c1-15-4-3-5-17(12-15)23-8-10-24(11-9-23)18-13-19(22-14-21-18)25-7-6-20-16(25)2/h3-7,12-14H,8-11H2,1-2H3. The van der Waals surface area contributed by atoms with E-state index >= 15 is 0 Å². The third-order valence-corrected chi connectivity index (χ3v) is 4.68. The molecular weight excluding hydrogens is 312 g/mol. The molecule has 0 unspecified atom stereocenters. The molecule has 0 radical (unpaired) electrons. The first kappa shape index (κ1) is 15.6. The average molecular weight is 334 g/mol. The first-order valence-corrected chi connectivity index (χ1v) is 8.60. The zero-order chi connectivity index (χ0) is 17.2. The minimum absolute atomic E-state index is 0.862. The molecule has 1 fully saturated rings. The van der Waals surface area contributed by atoms with Crippen molar-refractivity contribution in [1.29, 1.82) is 0 Å². The van der Waals surface area contributed by atoms with Gasteiger partial charge in [-0.3, -0.25) is 4.57 Å². The minimum Gasteiger partial charge on any atom is -0.368 e. The fourth-order valence-corrected chi connectivity index (χ4v) is 3.28. The zero-order valence-corrected chi connectivity index (χ0v) is 14.6. The molecule has 1 aromatic carbocycles. The van der Waals surface area contributed by atoms with Gasteiger partial charge in [-0.1, -0.05) is 12.1 Å². The summed E-state index contributed by atoms with van der Waals surface area (Å²) in [4.78, 5) is 17.9. The van der Waals surface area contributed by atoms with Crippen molar-refractivity contribution in [3.63, 3.8) is 0 Å². The Labute approximate surface area is 147 Å². The van der Waals surface area contributed by atoms with Crippen molar-refractivity contribution >= 4 is 11.5 Å². The molecular formula is C19H22N6. The summed E-state index contributed by atoms with van der Waals surface area (Å²) in [5.41, 5.74) is 2.60. The summed E-state index contributed by atoms with van der Waals surface area (Å²) >= 11 is 0. The number of nitrogens with zero attached hydrogens (tertiary/aromatic N) is 6. The fraction of sp³-hybridized carbons (Fsp3) is 0.316. The van der Waals surface area contributed by atoms with Gasteiger partial charge in [-0.2, -0.15) is 0 Å². The van der Waals surface area contributed by atoms with Gasteiger partial charge in [0.1, 0.15) is 23.8 Å². The third-order valence-electron chi connectivity index (χ3n) is 4.68. The van der Waals surface area contributed by atoms with Crippen LogP contribution in [0.3, 0.4) is 0 Å². The molecule has 128 valence electrons. The Bertz CT molecular complexity index is 864. The maximum absolute atomic E-state index is 4.48. The number of hydrogen-bond donors (Lipinski definition) is 0. The SMILES string of the molecule is Cc1cccc(N2CCN(c3cc(-n4ccnc4C)ncn3)CC2)c1. The monoisotopic (exact) mass is 334 g/mol. The van der Waals surface area contributed by atoms with Gasteiger partial charge < -0.3 is 9.80 Å². The van der Waals surface area contributed by atoms with Crippen LogP contribution in [0, 0.1) is 13.8 Å². The summed E-state index contributed by atoms with van der Waals surface area (Å²) in [6, 6.07) is 10.7. The summed E-state index contributed by atoms with van der Waals surface area (Å²) < 4.78 is 1.98. The topological polar surface area (TPSA) is 50.1 Å². The lowest BCUT2D eigenvalue weighted by atomic mass is 10.2. The molecule has 1 saturated heterocycles. The average Bonchev–Trinajstić information content (AvgIpc) is 3.08. The normalized spacial score (nSPS) is 14.8. The van der Waals surface area contributed by atoms with Crippen molar-refractivity contribution in [3.8, 4) is 5.82 Å². The van der Waals surface area contributed by atoms with Gasteiger partial charge in [0, 0.05) is 50.3 Å². The van der Waals surface area contributed by atoms with Gasteiger partial charge in [0.15, 0.2) is 0 Å². The lowest BCUT2D eigenvalue weighted by Gasteiger charge is -2.36. The van der Waals surface area contributed by atoms with Gasteiger partial charge in [0.05, 0.1) is 0 Å². The number of anilines is 2. The quantitative estimate of drug-likeness (QED) is 0.737. The lowest BCUT2D eigenvalue weighted by Crippen LogP contribution is -2.46. The molecule has 0 bridgehead atoms. The second kappa shape index (κ2) is 6.55. The number of hydrogen-bond acceptors (Lipinski definition) is 5. The second-order valence-corrected chi connectivity index (χ2v) is 6.39. The van der Waals surface area contributed by atoms with Gasteiger partial charge >= 0.3 is 0 Å². The van der Waals surface area contributed by atoms with Crippen LogP contribution in [0.5, 0.6) is 0 Å². The Kier molecular flexibility index (Phi) is 4.09. The molecule has 1 aliphatic rings. The molecule has 3 aromatic rings. The van der Waals surface area contributed by atoms with E-state index in [1.807, 2.05) is 23.8 Å². The number of rotatable bonds is 3. The van der Waals surface area contributed by atoms with E-state index < -0.39 is 0 Å². The first-order valence-electron chi connectivity index (χ1n) is 8.60. The zero-order valence-electron chi connectivity index (χ0n) is 14.6. The predicted octanol–water partition coefficient (Wildman–Crippen LogP) is 2.61. The molecule has 0 saturated carbocycles. The summed E-state index contributed by atoms with van der Waals surface area (Å²) in [6.45, 7) is 8.00. The smallest absolute Gasteiger partial charge is 0.143 e. The molecule has 0 amide bonds. The van der Waals surface area contributed by atoms with E-state index in [9.17, 15) is 0 Å². The van der Waals surface area contributed by atoms with Gasteiger partial charge in [-0.25, -0.2) is 15.0 Å². The van der Waals surface area contributed by atoms with Gasteiger partial charge in [0.2, 0.25) is 0 Å². The summed E-state index contributed by atoms with van der Waals surface area (Å²) in [5.74, 6) is 2.76. The number of aromatic nitrogens is 4. The van der Waals surface area contributed by atoms with Crippen LogP contribution in [-0.4, -0.2) is 45.7 Å². The molecule has 2 aromatic heterocycles. The van der Waals surface area contributed by atoms with Crippen LogP contribution in [0.15, 0.2) is 49.1 Å². The van der Waals surface area contributed by atoms with Crippen LogP contribution < -0.4 is 9.80 Å². The highest BCUT2D eigenvalue weighted by molar-refractivity contribution is 5.51. The number of benzene rings is 1. The molecule has 0 aliphatic carbocycles. The molecule has 1 aliphatic heterocycles. The number of piperazine rings is 1. The Hall–Kier alpha value is -2.89. The molecule has 0 atom stereocenters. The Morgan fingerprint density at radius 2 is 1.60 bits per heavy atom. The summed E-state index contributed by atoms with van der Waals surface area (Å²) in [7, 11) is 0. The molecule has 0 spiro atoms. The highest BCUT2D eigenvalue weighted by atomic mass is 15.3. The fourth-order valence-electron chi connectivity index (χ4n) is 3.28. The molecule has 6 heteroatoms. The van der Waals surface area contributed by atoms with Crippen molar-refractivity contribution in [2.24, 2.45) is 0 Å². The minimum atomic E-state index is 0.862. The third kappa shape index (κ3) is 3.20. The Morgan fingerprint density at radius 1 is 0.840 bits per heavy atom. The van der Waals surface area contributed by atoms with Crippen LogP contribution >= 0.6 is 0 Å². The molecule has 6 nitrogen and oxygen atoms in total. The largest absolute Gasteiger partial charge is 0.368 e. The molecule has 4 rings (SSSR count). The highest BCUT2D eigenvalue weighted by Crippen LogP contribution is 2.21. The van der Waals surface area contributed by atoms with Crippen molar-refractivity contribution in [2.75, 3.05) is 36.0 Å². The van der Waals surface area contributed by atoms with Gasteiger partial charge in [0.25, 0.3) is 0 Å². The Morgan fingerprint density at radius 3 is 2.32 bits per heavy atom. The molecule has 3 heterocycles. The van der Waals surface area contributed by atoms with Crippen molar-refractivity contribution in [2.45, 2.75) is 13.8 Å². The maximum Gasteiger partial charge on any atom is 0.143 e. The second-order valence-electron chi connectivity index (χ2n) is 6.39. The lowest BCUT2D eigenvalue weighted by molar-refractivity contribution is 0.646. The van der Waals surface area contributed by atoms with E-state index in [4.69, 9.17) is 0 Å². The maximum atomic E-state index is 4.48. The van der Waals surface area contributed by atoms with E-state index in [0.29, 0.717) is 0 Å². The van der Waals surface area contributed by atoms with Gasteiger partial charge in [-0.15, -0.1) is 0 Å². The van der Waals surface area contributed by atoms with Gasteiger partial charge in [-0.05, 0) is 31.5 Å².